The number of halogens is 3. The lowest BCUT2D eigenvalue weighted by atomic mass is 9.95. The van der Waals surface area contributed by atoms with Crippen LogP contribution in [-0.2, 0) is 16.1 Å². The second-order valence-corrected chi connectivity index (χ2v) is 9.76. The van der Waals surface area contributed by atoms with Crippen LogP contribution in [0.3, 0.4) is 0 Å². The van der Waals surface area contributed by atoms with Crippen molar-refractivity contribution in [3.05, 3.63) is 62.5 Å². The van der Waals surface area contributed by atoms with Crippen LogP contribution in [0.2, 0.25) is 10.0 Å². The highest BCUT2D eigenvalue weighted by atomic mass is 79.9. The lowest BCUT2D eigenvalue weighted by Gasteiger charge is -2.31. The minimum Gasteiger partial charge on any atom is -0.483 e. The number of hydrogen-bond acceptors (Lipinski definition) is 3. The van der Waals surface area contributed by atoms with E-state index in [9.17, 15) is 9.59 Å². The molecule has 2 aromatic carbocycles. The summed E-state index contributed by atoms with van der Waals surface area (Å²) in [5, 5.41) is 4.26. The minimum absolute atomic E-state index is 0.153. The number of rotatable bonds is 8. The highest BCUT2D eigenvalue weighted by Gasteiger charge is 2.28. The maximum Gasteiger partial charge on any atom is 0.261 e. The number of hydrogen-bond donors (Lipinski definition) is 1. The third kappa shape index (κ3) is 7.12. The average molecular weight is 542 g/mol. The lowest BCUT2D eigenvalue weighted by molar-refractivity contribution is -0.142. The molecular formula is C24H27BrCl2N2O3. The number of nitrogens with one attached hydrogen (secondary N) is 1. The topological polar surface area (TPSA) is 58.6 Å². The number of nitrogens with zero attached hydrogens (tertiary/aromatic N) is 1. The van der Waals surface area contributed by atoms with Crippen molar-refractivity contribution in [3.8, 4) is 5.75 Å². The molecule has 0 aromatic heterocycles. The SMILES string of the molecule is C[C@H](C(=O)NC1CCCCC1)N(Cc1cccc(Cl)c1)C(=O)COc1ccc(Cl)cc1Br. The Labute approximate surface area is 207 Å². The van der Waals surface area contributed by atoms with Gasteiger partial charge in [-0.15, -0.1) is 0 Å². The van der Waals surface area contributed by atoms with Gasteiger partial charge >= 0.3 is 0 Å². The standard InChI is InChI=1S/C24H27BrCl2N2O3/c1-16(24(31)28-20-8-3-2-4-9-20)29(14-17-6-5-7-18(26)12-17)23(30)15-32-22-11-10-19(27)13-21(22)25/h5-7,10-13,16,20H,2-4,8-9,14-15H2,1H3,(H,28,31)/t16-/m1/s1. The van der Waals surface area contributed by atoms with Gasteiger partial charge in [0.2, 0.25) is 5.91 Å². The van der Waals surface area contributed by atoms with Crippen LogP contribution >= 0.6 is 39.1 Å². The van der Waals surface area contributed by atoms with Crippen LogP contribution in [0.4, 0.5) is 0 Å². The van der Waals surface area contributed by atoms with Crippen molar-refractivity contribution in [2.75, 3.05) is 6.61 Å². The Morgan fingerprint density at radius 3 is 2.53 bits per heavy atom. The van der Waals surface area contributed by atoms with Gasteiger partial charge in [-0.25, -0.2) is 0 Å². The van der Waals surface area contributed by atoms with Crippen molar-refractivity contribution in [2.45, 2.75) is 57.7 Å². The predicted octanol–water partition coefficient (Wildman–Crippen LogP) is 6.00. The van der Waals surface area contributed by atoms with Crippen molar-refractivity contribution in [2.24, 2.45) is 0 Å². The van der Waals surface area contributed by atoms with E-state index in [0.717, 1.165) is 31.2 Å². The highest BCUT2D eigenvalue weighted by Crippen LogP contribution is 2.28. The maximum atomic E-state index is 13.2. The van der Waals surface area contributed by atoms with E-state index in [1.807, 2.05) is 12.1 Å². The van der Waals surface area contributed by atoms with E-state index >= 15 is 0 Å². The van der Waals surface area contributed by atoms with Gasteiger partial charge in [-0.05, 0) is 71.6 Å². The second kappa shape index (κ2) is 11.9. The first-order chi connectivity index (χ1) is 15.3. The molecule has 0 bridgehead atoms. The fraction of sp³-hybridized carbons (Fsp3) is 0.417. The molecule has 2 aromatic rings. The summed E-state index contributed by atoms with van der Waals surface area (Å²) in [5.41, 5.74) is 0.843. The van der Waals surface area contributed by atoms with E-state index < -0.39 is 6.04 Å². The van der Waals surface area contributed by atoms with E-state index in [4.69, 9.17) is 27.9 Å². The Balaban J connectivity index is 1.72. The van der Waals surface area contributed by atoms with Crippen molar-refractivity contribution in [3.63, 3.8) is 0 Å². The molecule has 8 heteroatoms. The van der Waals surface area contributed by atoms with Crippen molar-refractivity contribution < 1.29 is 14.3 Å². The van der Waals surface area contributed by atoms with Crippen LogP contribution in [0.25, 0.3) is 0 Å². The zero-order chi connectivity index (χ0) is 23.1. The summed E-state index contributed by atoms with van der Waals surface area (Å²) in [4.78, 5) is 27.7. The van der Waals surface area contributed by atoms with E-state index in [-0.39, 0.29) is 31.0 Å². The maximum absolute atomic E-state index is 13.2. The second-order valence-electron chi connectivity index (χ2n) is 8.03. The molecule has 1 saturated carbocycles. The predicted molar refractivity (Wildman–Crippen MR) is 131 cm³/mol. The molecule has 172 valence electrons. The van der Waals surface area contributed by atoms with Gasteiger partial charge in [0.15, 0.2) is 6.61 Å². The first kappa shape index (κ1) is 24.9. The third-order valence-corrected chi connectivity index (χ3v) is 6.70. The first-order valence-corrected chi connectivity index (χ1v) is 12.3. The van der Waals surface area contributed by atoms with E-state index in [1.54, 1.807) is 37.3 Å². The Morgan fingerprint density at radius 1 is 1.12 bits per heavy atom. The van der Waals surface area contributed by atoms with Gasteiger partial charge in [0.05, 0.1) is 4.47 Å². The molecule has 1 aliphatic rings. The van der Waals surface area contributed by atoms with Gasteiger partial charge in [0, 0.05) is 22.6 Å². The number of benzene rings is 2. The Kier molecular flexibility index (Phi) is 9.26. The Bertz CT molecular complexity index is 951. The van der Waals surface area contributed by atoms with Crippen LogP contribution in [-0.4, -0.2) is 35.4 Å². The smallest absolute Gasteiger partial charge is 0.261 e. The monoisotopic (exact) mass is 540 g/mol. The molecule has 0 aliphatic heterocycles. The van der Waals surface area contributed by atoms with Crippen molar-refractivity contribution >= 4 is 50.9 Å². The van der Waals surface area contributed by atoms with Crippen LogP contribution in [0.15, 0.2) is 46.9 Å². The molecular weight excluding hydrogens is 515 g/mol. The zero-order valence-corrected chi connectivity index (χ0v) is 21.0. The molecule has 1 fully saturated rings. The molecule has 0 heterocycles. The summed E-state index contributed by atoms with van der Waals surface area (Å²) in [5.74, 6) is 0.0582. The van der Waals surface area contributed by atoms with E-state index in [1.165, 1.54) is 11.3 Å². The van der Waals surface area contributed by atoms with Gasteiger partial charge in [-0.3, -0.25) is 9.59 Å². The van der Waals surface area contributed by atoms with Crippen molar-refractivity contribution in [1.29, 1.82) is 0 Å². The lowest BCUT2D eigenvalue weighted by Crippen LogP contribution is -2.51. The fourth-order valence-corrected chi connectivity index (χ4v) is 4.81. The average Bonchev–Trinajstić information content (AvgIpc) is 2.77. The number of ether oxygens (including phenoxy) is 1. The molecule has 0 spiro atoms. The molecule has 0 unspecified atom stereocenters. The minimum atomic E-state index is -0.652. The van der Waals surface area contributed by atoms with Crippen LogP contribution < -0.4 is 10.1 Å². The van der Waals surface area contributed by atoms with Crippen LogP contribution in [0, 0.1) is 0 Å². The molecule has 1 aliphatic carbocycles. The van der Waals surface area contributed by atoms with Crippen molar-refractivity contribution in [1.82, 2.24) is 10.2 Å². The van der Waals surface area contributed by atoms with Crippen LogP contribution in [0.1, 0.15) is 44.6 Å². The summed E-state index contributed by atoms with van der Waals surface area (Å²) in [7, 11) is 0. The Morgan fingerprint density at radius 2 is 1.84 bits per heavy atom. The van der Waals surface area contributed by atoms with E-state index in [2.05, 4.69) is 21.2 Å². The summed E-state index contributed by atoms with van der Waals surface area (Å²) in [6.07, 6.45) is 5.41. The molecule has 0 radical (unpaired) electrons. The molecule has 32 heavy (non-hydrogen) atoms. The Hall–Kier alpha value is -1.76. The largest absolute Gasteiger partial charge is 0.483 e. The number of carbonyl (C=O) groups excluding carboxylic acids is 2. The van der Waals surface area contributed by atoms with Crippen LogP contribution in [0.5, 0.6) is 5.75 Å². The molecule has 1 atom stereocenters. The normalized spacial score (nSPS) is 15.1. The summed E-state index contributed by atoms with van der Waals surface area (Å²) < 4.78 is 6.38. The molecule has 1 N–H and O–H groups in total. The van der Waals surface area contributed by atoms with E-state index in [0.29, 0.717) is 20.3 Å². The molecule has 3 rings (SSSR count). The van der Waals surface area contributed by atoms with Gasteiger partial charge in [-0.1, -0.05) is 54.6 Å². The highest BCUT2D eigenvalue weighted by molar-refractivity contribution is 9.10. The first-order valence-electron chi connectivity index (χ1n) is 10.8. The molecule has 0 saturated heterocycles. The summed E-state index contributed by atoms with van der Waals surface area (Å²) in [6.45, 7) is 1.80. The summed E-state index contributed by atoms with van der Waals surface area (Å²) in [6, 6.07) is 11.9. The van der Waals surface area contributed by atoms with Gasteiger partial charge in [0.25, 0.3) is 5.91 Å². The number of amides is 2. The number of carbonyl (C=O) groups is 2. The third-order valence-electron chi connectivity index (χ3n) is 5.61. The van der Waals surface area contributed by atoms with Gasteiger partial charge < -0.3 is 15.0 Å². The quantitative estimate of drug-likeness (QED) is 0.445. The molecule has 5 nitrogen and oxygen atoms in total. The zero-order valence-electron chi connectivity index (χ0n) is 18.0. The van der Waals surface area contributed by atoms with Gasteiger partial charge in [-0.2, -0.15) is 0 Å². The molecule has 2 amide bonds. The van der Waals surface area contributed by atoms with Gasteiger partial charge in [0.1, 0.15) is 11.8 Å². The fourth-order valence-electron chi connectivity index (χ4n) is 3.80. The summed E-state index contributed by atoms with van der Waals surface area (Å²) >= 11 is 15.5.